The van der Waals surface area contributed by atoms with Crippen molar-refractivity contribution in [3.8, 4) is 17.2 Å². The number of phenolic OH excluding ortho intramolecular Hbond substituents is 2. The Hall–Kier alpha value is -2.69. The number of aliphatic hydroxyl groups excluding tert-OH is 4. The molecule has 3 rings (SSSR count). The van der Waals surface area contributed by atoms with E-state index in [2.05, 4.69) is 0 Å². The Kier molecular flexibility index (Phi) is 6.91. The zero-order chi connectivity index (χ0) is 21.8. The number of aliphatic hydroxyl groups is 4. The Morgan fingerprint density at radius 1 is 0.967 bits per heavy atom. The molecule has 5 atom stereocenters. The van der Waals surface area contributed by atoms with Gasteiger partial charge in [0.25, 0.3) is 0 Å². The third-order valence-corrected chi connectivity index (χ3v) is 4.93. The van der Waals surface area contributed by atoms with Gasteiger partial charge in [0, 0.05) is 18.6 Å². The number of rotatable bonds is 7. The van der Waals surface area contributed by atoms with Gasteiger partial charge in [0.15, 0.2) is 5.78 Å². The first kappa shape index (κ1) is 22.0. The second kappa shape index (κ2) is 9.41. The van der Waals surface area contributed by atoms with E-state index in [1.165, 1.54) is 0 Å². The number of aromatic hydroxyl groups is 2. The van der Waals surface area contributed by atoms with Gasteiger partial charge >= 0.3 is 0 Å². The molecule has 0 amide bonds. The first-order valence-corrected chi connectivity index (χ1v) is 9.42. The molecule has 9 nitrogen and oxygen atoms in total. The number of ketones is 1. The average Bonchev–Trinajstić information content (AvgIpc) is 2.73. The Labute approximate surface area is 172 Å². The maximum Gasteiger partial charge on any atom is 0.229 e. The van der Waals surface area contributed by atoms with E-state index in [9.17, 15) is 35.4 Å². The van der Waals surface area contributed by atoms with Crippen molar-refractivity contribution in [2.75, 3.05) is 6.61 Å². The second-order valence-corrected chi connectivity index (χ2v) is 7.06. The quantitative estimate of drug-likeness (QED) is 0.342. The zero-order valence-corrected chi connectivity index (χ0v) is 16.0. The third-order valence-electron chi connectivity index (χ3n) is 4.93. The van der Waals surface area contributed by atoms with Crippen LogP contribution >= 0.6 is 0 Å². The van der Waals surface area contributed by atoms with Gasteiger partial charge < -0.3 is 40.1 Å². The van der Waals surface area contributed by atoms with Crippen LogP contribution in [0.2, 0.25) is 0 Å². The molecular formula is C21H24O9. The topological polar surface area (TPSA) is 157 Å². The minimum Gasteiger partial charge on any atom is -0.507 e. The summed E-state index contributed by atoms with van der Waals surface area (Å²) in [6, 6.07) is 11.4. The Morgan fingerprint density at radius 3 is 2.20 bits per heavy atom. The molecule has 2 aromatic rings. The van der Waals surface area contributed by atoms with Crippen LogP contribution in [-0.2, 0) is 11.2 Å². The molecule has 6 N–H and O–H groups in total. The minimum atomic E-state index is -1.65. The van der Waals surface area contributed by atoms with Crippen molar-refractivity contribution in [1.82, 2.24) is 0 Å². The fourth-order valence-corrected chi connectivity index (χ4v) is 3.27. The molecule has 0 saturated carbocycles. The lowest BCUT2D eigenvalue weighted by atomic mass is 9.99. The van der Waals surface area contributed by atoms with E-state index in [0.717, 1.165) is 17.7 Å². The third kappa shape index (κ3) is 4.72. The molecule has 1 aliphatic rings. The molecule has 0 aliphatic carbocycles. The standard InChI is InChI=1S/C21H24O9/c22-10-16-18(26)19(27)20(28)21(30-16)29-12-8-14(24)17(15(25)9-12)13(23)7-6-11-4-2-1-3-5-11/h1-5,8-9,16,18-22,24-28H,6-7,10H2. The number of hydrogen-bond donors (Lipinski definition) is 6. The van der Waals surface area contributed by atoms with Crippen molar-refractivity contribution >= 4 is 5.78 Å². The Morgan fingerprint density at radius 2 is 1.60 bits per heavy atom. The molecule has 0 aromatic heterocycles. The first-order chi connectivity index (χ1) is 14.3. The summed E-state index contributed by atoms with van der Waals surface area (Å²) in [5, 5.41) is 59.3. The highest BCUT2D eigenvalue weighted by Crippen LogP contribution is 2.35. The molecule has 2 aromatic carbocycles. The van der Waals surface area contributed by atoms with Crippen molar-refractivity contribution in [3.63, 3.8) is 0 Å². The summed E-state index contributed by atoms with van der Waals surface area (Å²) in [6.07, 6.45) is -6.99. The molecule has 1 heterocycles. The van der Waals surface area contributed by atoms with Gasteiger partial charge in [-0.15, -0.1) is 0 Å². The summed E-state index contributed by atoms with van der Waals surface area (Å²) in [7, 11) is 0. The van der Waals surface area contributed by atoms with Crippen molar-refractivity contribution in [1.29, 1.82) is 0 Å². The van der Waals surface area contributed by atoms with Crippen LogP contribution in [0.3, 0.4) is 0 Å². The van der Waals surface area contributed by atoms with Gasteiger partial charge in [0.1, 0.15) is 47.2 Å². The van der Waals surface area contributed by atoms with E-state index in [0.29, 0.717) is 6.42 Å². The lowest BCUT2D eigenvalue weighted by molar-refractivity contribution is -0.277. The van der Waals surface area contributed by atoms with E-state index >= 15 is 0 Å². The zero-order valence-electron chi connectivity index (χ0n) is 16.0. The van der Waals surface area contributed by atoms with Crippen LogP contribution in [0.25, 0.3) is 0 Å². The summed E-state index contributed by atoms with van der Waals surface area (Å²) in [5.41, 5.74) is 0.680. The highest BCUT2D eigenvalue weighted by molar-refractivity contribution is 6.01. The largest absolute Gasteiger partial charge is 0.507 e. The number of benzene rings is 2. The molecule has 162 valence electrons. The van der Waals surface area contributed by atoms with Gasteiger partial charge in [-0.05, 0) is 12.0 Å². The molecule has 1 saturated heterocycles. The van der Waals surface area contributed by atoms with Crippen LogP contribution in [0.15, 0.2) is 42.5 Å². The maximum atomic E-state index is 12.5. The smallest absolute Gasteiger partial charge is 0.229 e. The minimum absolute atomic E-state index is 0.0675. The summed E-state index contributed by atoms with van der Waals surface area (Å²) in [4.78, 5) is 12.5. The molecule has 9 heteroatoms. The molecule has 1 aliphatic heterocycles. The van der Waals surface area contributed by atoms with Gasteiger partial charge in [-0.3, -0.25) is 4.79 Å². The van der Waals surface area contributed by atoms with Crippen LogP contribution in [0.4, 0.5) is 0 Å². The highest BCUT2D eigenvalue weighted by atomic mass is 16.7. The monoisotopic (exact) mass is 420 g/mol. The van der Waals surface area contributed by atoms with Crippen LogP contribution in [-0.4, -0.2) is 73.7 Å². The number of Topliss-reactive ketones (excluding diaryl/α,β-unsaturated/α-hetero) is 1. The number of aryl methyl sites for hydroxylation is 1. The normalized spacial score (nSPS) is 26.3. The fraction of sp³-hybridized carbons (Fsp3) is 0.381. The number of carbonyl (C=O) groups is 1. The van der Waals surface area contributed by atoms with E-state index in [1.807, 2.05) is 30.3 Å². The van der Waals surface area contributed by atoms with E-state index < -0.39 is 54.6 Å². The van der Waals surface area contributed by atoms with E-state index in [4.69, 9.17) is 9.47 Å². The number of carbonyl (C=O) groups excluding carboxylic acids is 1. The molecule has 0 bridgehead atoms. The average molecular weight is 420 g/mol. The van der Waals surface area contributed by atoms with E-state index in [1.54, 1.807) is 0 Å². The lowest BCUT2D eigenvalue weighted by Gasteiger charge is -2.39. The molecule has 0 radical (unpaired) electrons. The number of hydrogen-bond acceptors (Lipinski definition) is 9. The van der Waals surface area contributed by atoms with Crippen molar-refractivity contribution in [2.24, 2.45) is 0 Å². The van der Waals surface area contributed by atoms with Crippen LogP contribution in [0, 0.1) is 0 Å². The summed E-state index contributed by atoms with van der Waals surface area (Å²) >= 11 is 0. The number of phenols is 2. The highest BCUT2D eigenvalue weighted by Gasteiger charge is 2.44. The predicted octanol–water partition coefficient (Wildman–Crippen LogP) is 0.0920. The van der Waals surface area contributed by atoms with Gasteiger partial charge in [0.05, 0.1) is 6.61 Å². The fourth-order valence-electron chi connectivity index (χ4n) is 3.27. The Balaban J connectivity index is 1.72. The number of ether oxygens (including phenoxy) is 2. The summed E-state index contributed by atoms with van der Waals surface area (Å²) < 4.78 is 10.6. The molecular weight excluding hydrogens is 396 g/mol. The second-order valence-electron chi connectivity index (χ2n) is 7.06. The summed E-state index contributed by atoms with van der Waals surface area (Å²) in [6.45, 7) is -0.629. The van der Waals surface area contributed by atoms with Crippen molar-refractivity contribution in [2.45, 2.75) is 43.5 Å². The van der Waals surface area contributed by atoms with Gasteiger partial charge in [-0.25, -0.2) is 0 Å². The maximum absolute atomic E-state index is 12.5. The van der Waals surface area contributed by atoms with Gasteiger partial charge in [0.2, 0.25) is 6.29 Å². The van der Waals surface area contributed by atoms with Gasteiger partial charge in [-0.1, -0.05) is 30.3 Å². The van der Waals surface area contributed by atoms with Crippen LogP contribution in [0.5, 0.6) is 17.2 Å². The summed E-state index contributed by atoms with van der Waals surface area (Å²) in [5.74, 6) is -1.65. The van der Waals surface area contributed by atoms with E-state index in [-0.39, 0.29) is 17.7 Å². The lowest BCUT2D eigenvalue weighted by Crippen LogP contribution is -2.60. The molecule has 5 unspecified atom stereocenters. The molecule has 0 spiro atoms. The predicted molar refractivity (Wildman–Crippen MR) is 103 cm³/mol. The molecule has 1 fully saturated rings. The van der Waals surface area contributed by atoms with Crippen LogP contribution in [0.1, 0.15) is 22.3 Å². The van der Waals surface area contributed by atoms with Crippen molar-refractivity contribution in [3.05, 3.63) is 53.6 Å². The van der Waals surface area contributed by atoms with Gasteiger partial charge in [-0.2, -0.15) is 0 Å². The van der Waals surface area contributed by atoms with Crippen LogP contribution < -0.4 is 4.74 Å². The first-order valence-electron chi connectivity index (χ1n) is 9.42. The Bertz CT molecular complexity index is 845. The molecule has 30 heavy (non-hydrogen) atoms. The SMILES string of the molecule is O=C(CCc1ccccc1)c1c(O)cc(OC2OC(CO)C(O)C(O)C2O)cc1O. The van der Waals surface area contributed by atoms with Crippen molar-refractivity contribution < 1.29 is 44.9 Å².